The van der Waals surface area contributed by atoms with Crippen LogP contribution in [0.25, 0.3) is 0 Å². The molecule has 0 saturated carbocycles. The van der Waals surface area contributed by atoms with Crippen LogP contribution in [0, 0.1) is 5.92 Å². The second-order valence-corrected chi connectivity index (χ2v) is 5.98. The maximum atomic E-state index is 9.88. The lowest BCUT2D eigenvalue weighted by Gasteiger charge is -2.35. The molecule has 1 aliphatic rings. The van der Waals surface area contributed by atoms with Crippen molar-refractivity contribution in [1.82, 2.24) is 9.97 Å². The predicted molar refractivity (Wildman–Crippen MR) is 86.8 cm³/mol. The lowest BCUT2D eigenvalue weighted by molar-refractivity contribution is 0.0969. The van der Waals surface area contributed by atoms with E-state index in [1.165, 1.54) is 0 Å². The maximum Gasteiger partial charge on any atom is 0.134 e. The summed E-state index contributed by atoms with van der Waals surface area (Å²) >= 11 is 0. The predicted octanol–water partition coefficient (Wildman–Crippen LogP) is 2.46. The molecule has 5 nitrogen and oxygen atoms in total. The molecule has 2 heterocycles. The summed E-state index contributed by atoms with van der Waals surface area (Å²) in [6.07, 6.45) is 3.66. The number of hydrogen-bond donors (Lipinski definition) is 2. The fourth-order valence-electron chi connectivity index (χ4n) is 2.67. The molecule has 0 spiro atoms. The Morgan fingerprint density at radius 2 is 2.14 bits per heavy atom. The number of aromatic nitrogens is 2. The van der Waals surface area contributed by atoms with E-state index < -0.39 is 0 Å². The van der Waals surface area contributed by atoms with Crippen LogP contribution in [0.3, 0.4) is 0 Å². The zero-order valence-electron chi connectivity index (χ0n) is 13.5. The smallest absolute Gasteiger partial charge is 0.134 e. The number of hydrogen-bond acceptors (Lipinski definition) is 5. The van der Waals surface area contributed by atoms with Gasteiger partial charge in [-0.1, -0.05) is 20.8 Å². The molecule has 0 bridgehead atoms. The van der Waals surface area contributed by atoms with E-state index in [0.29, 0.717) is 0 Å². The molecule has 0 aliphatic carbocycles. The molecular formula is C16H28N4O. The summed E-state index contributed by atoms with van der Waals surface area (Å²) in [4.78, 5) is 11.6. The van der Waals surface area contributed by atoms with Gasteiger partial charge < -0.3 is 15.3 Å². The number of aliphatic hydroxyl groups excluding tert-OH is 1. The van der Waals surface area contributed by atoms with Crippen molar-refractivity contribution in [3.63, 3.8) is 0 Å². The first kappa shape index (κ1) is 16.0. The average molecular weight is 292 g/mol. The molecule has 1 aliphatic heterocycles. The van der Waals surface area contributed by atoms with E-state index >= 15 is 0 Å². The van der Waals surface area contributed by atoms with Crippen molar-refractivity contribution in [2.24, 2.45) is 5.92 Å². The first-order chi connectivity index (χ1) is 10.1. The third-order valence-electron chi connectivity index (χ3n) is 3.97. The highest BCUT2D eigenvalue weighted by atomic mass is 16.3. The third kappa shape index (κ3) is 4.30. The fraction of sp³-hybridized carbons (Fsp3) is 0.750. The monoisotopic (exact) mass is 292 g/mol. The lowest BCUT2D eigenvalue weighted by Crippen LogP contribution is -2.42. The Bertz CT molecular complexity index is 452. The number of aryl methyl sites for hydroxylation is 1. The van der Waals surface area contributed by atoms with E-state index in [0.717, 1.165) is 62.8 Å². The van der Waals surface area contributed by atoms with Crippen LogP contribution in [0.15, 0.2) is 6.07 Å². The molecule has 21 heavy (non-hydrogen) atoms. The van der Waals surface area contributed by atoms with Gasteiger partial charge in [0.1, 0.15) is 17.5 Å². The van der Waals surface area contributed by atoms with Crippen LogP contribution in [0.1, 0.15) is 45.9 Å². The second-order valence-electron chi connectivity index (χ2n) is 5.98. The highest BCUT2D eigenvalue weighted by Gasteiger charge is 2.25. The molecule has 2 rings (SSSR count). The Kier molecular flexibility index (Phi) is 5.79. The number of anilines is 2. The van der Waals surface area contributed by atoms with Gasteiger partial charge in [-0.25, -0.2) is 9.97 Å². The van der Waals surface area contributed by atoms with Crippen LogP contribution in [-0.4, -0.2) is 40.8 Å². The van der Waals surface area contributed by atoms with Gasteiger partial charge in [0.25, 0.3) is 0 Å². The van der Waals surface area contributed by atoms with E-state index in [4.69, 9.17) is 4.98 Å². The zero-order valence-corrected chi connectivity index (χ0v) is 13.5. The van der Waals surface area contributed by atoms with E-state index in [1.807, 2.05) is 6.07 Å². The number of piperidine rings is 1. The molecule has 118 valence electrons. The summed E-state index contributed by atoms with van der Waals surface area (Å²) in [6, 6.07) is 2.04. The van der Waals surface area contributed by atoms with Crippen molar-refractivity contribution >= 4 is 11.6 Å². The SMILES string of the molecule is CCCNc1cc(N2CCC(O)C(C)C2)nc(CCC)n1. The largest absolute Gasteiger partial charge is 0.393 e. The lowest BCUT2D eigenvalue weighted by atomic mass is 9.97. The van der Waals surface area contributed by atoms with E-state index in [1.54, 1.807) is 0 Å². The number of nitrogens with zero attached hydrogens (tertiary/aromatic N) is 3. The van der Waals surface area contributed by atoms with E-state index in [-0.39, 0.29) is 12.0 Å². The van der Waals surface area contributed by atoms with Crippen molar-refractivity contribution in [2.75, 3.05) is 29.9 Å². The molecule has 1 aromatic rings. The number of aliphatic hydroxyl groups is 1. The molecule has 0 radical (unpaired) electrons. The third-order valence-corrected chi connectivity index (χ3v) is 3.97. The Morgan fingerprint density at radius 3 is 2.81 bits per heavy atom. The fourth-order valence-corrected chi connectivity index (χ4v) is 2.67. The highest BCUT2D eigenvalue weighted by molar-refractivity contribution is 5.50. The van der Waals surface area contributed by atoms with Gasteiger partial charge in [-0.3, -0.25) is 0 Å². The maximum absolute atomic E-state index is 9.88. The first-order valence-corrected chi connectivity index (χ1v) is 8.18. The molecule has 2 atom stereocenters. The van der Waals surface area contributed by atoms with Crippen molar-refractivity contribution in [1.29, 1.82) is 0 Å². The molecule has 0 amide bonds. The van der Waals surface area contributed by atoms with E-state index in [9.17, 15) is 5.11 Å². The quantitative estimate of drug-likeness (QED) is 0.843. The topological polar surface area (TPSA) is 61.3 Å². The second kappa shape index (κ2) is 7.59. The molecule has 2 unspecified atom stereocenters. The number of nitrogens with one attached hydrogen (secondary N) is 1. The van der Waals surface area contributed by atoms with Gasteiger partial charge >= 0.3 is 0 Å². The molecule has 1 saturated heterocycles. The first-order valence-electron chi connectivity index (χ1n) is 8.18. The molecule has 5 heteroatoms. The van der Waals surface area contributed by atoms with Gasteiger partial charge in [-0.05, 0) is 25.2 Å². The minimum Gasteiger partial charge on any atom is -0.393 e. The van der Waals surface area contributed by atoms with Crippen molar-refractivity contribution in [2.45, 2.75) is 52.6 Å². The standard InChI is InChI=1S/C16H28N4O/c1-4-6-14-18-15(17-8-5-2)10-16(19-14)20-9-7-13(21)12(3)11-20/h10,12-13,21H,4-9,11H2,1-3H3,(H,17,18,19). The molecule has 2 N–H and O–H groups in total. The normalized spacial score (nSPS) is 22.4. The van der Waals surface area contributed by atoms with Gasteiger partial charge in [-0.15, -0.1) is 0 Å². The van der Waals surface area contributed by atoms with Crippen LogP contribution in [0.5, 0.6) is 0 Å². The molecular weight excluding hydrogens is 264 g/mol. The summed E-state index contributed by atoms with van der Waals surface area (Å²) in [5.74, 6) is 3.11. The Labute approximate surface area is 127 Å². The minimum absolute atomic E-state index is 0.184. The average Bonchev–Trinajstić information content (AvgIpc) is 2.48. The van der Waals surface area contributed by atoms with E-state index in [2.05, 4.69) is 36.0 Å². The summed E-state index contributed by atoms with van der Waals surface area (Å²) in [5, 5.41) is 13.2. The van der Waals surface area contributed by atoms with Gasteiger partial charge in [-0.2, -0.15) is 0 Å². The van der Waals surface area contributed by atoms with Gasteiger partial charge in [0.15, 0.2) is 0 Å². The van der Waals surface area contributed by atoms with Crippen molar-refractivity contribution < 1.29 is 5.11 Å². The van der Waals surface area contributed by atoms with Crippen molar-refractivity contribution in [3.05, 3.63) is 11.9 Å². The van der Waals surface area contributed by atoms with Crippen LogP contribution >= 0.6 is 0 Å². The molecule has 1 aromatic heterocycles. The zero-order chi connectivity index (χ0) is 15.2. The summed E-state index contributed by atoms with van der Waals surface area (Å²) < 4.78 is 0. The van der Waals surface area contributed by atoms with Crippen LogP contribution in [-0.2, 0) is 6.42 Å². The summed E-state index contributed by atoms with van der Waals surface area (Å²) in [6.45, 7) is 9.04. The van der Waals surface area contributed by atoms with Crippen LogP contribution in [0.4, 0.5) is 11.6 Å². The Morgan fingerprint density at radius 1 is 1.33 bits per heavy atom. The summed E-state index contributed by atoms with van der Waals surface area (Å²) in [5.41, 5.74) is 0. The Hall–Kier alpha value is -1.36. The highest BCUT2D eigenvalue weighted by Crippen LogP contribution is 2.24. The summed E-state index contributed by atoms with van der Waals surface area (Å²) in [7, 11) is 0. The molecule has 0 aromatic carbocycles. The number of rotatable bonds is 6. The Balaban J connectivity index is 2.18. The minimum atomic E-state index is -0.184. The van der Waals surface area contributed by atoms with Gasteiger partial charge in [0, 0.05) is 32.1 Å². The van der Waals surface area contributed by atoms with Gasteiger partial charge in [0.05, 0.1) is 6.10 Å². The van der Waals surface area contributed by atoms with Crippen LogP contribution < -0.4 is 10.2 Å². The van der Waals surface area contributed by atoms with Gasteiger partial charge in [0.2, 0.25) is 0 Å². The molecule has 1 fully saturated rings. The van der Waals surface area contributed by atoms with Crippen LogP contribution in [0.2, 0.25) is 0 Å². The van der Waals surface area contributed by atoms with Crippen molar-refractivity contribution in [3.8, 4) is 0 Å².